The van der Waals surface area contributed by atoms with Gasteiger partial charge in [-0.25, -0.2) is 14.2 Å². The predicted molar refractivity (Wildman–Crippen MR) is 137 cm³/mol. The van der Waals surface area contributed by atoms with Crippen LogP contribution in [0, 0.1) is 6.92 Å². The molecule has 0 radical (unpaired) electrons. The summed E-state index contributed by atoms with van der Waals surface area (Å²) in [5.41, 5.74) is 0.807. The van der Waals surface area contributed by atoms with Gasteiger partial charge in [-0.05, 0) is 61.0 Å². The van der Waals surface area contributed by atoms with E-state index in [2.05, 4.69) is 15.3 Å². The van der Waals surface area contributed by atoms with Gasteiger partial charge in [0.2, 0.25) is 5.95 Å². The molecule has 9 nitrogen and oxygen atoms in total. The monoisotopic (exact) mass is 505 g/mol. The smallest absolute Gasteiger partial charge is 0.355 e. The molecule has 4 rings (SSSR count). The number of rotatable bonds is 9. The quantitative estimate of drug-likeness (QED) is 0.360. The lowest BCUT2D eigenvalue weighted by atomic mass is 10.2. The summed E-state index contributed by atoms with van der Waals surface area (Å²) in [6.07, 6.45) is 1.84. The molecule has 0 saturated heterocycles. The molecule has 0 saturated carbocycles. The van der Waals surface area contributed by atoms with Crippen LogP contribution in [0.4, 0.5) is 11.6 Å². The lowest BCUT2D eigenvalue weighted by Crippen LogP contribution is -2.44. The van der Waals surface area contributed by atoms with Crippen molar-refractivity contribution in [1.29, 1.82) is 0 Å². The predicted octanol–water partition coefficient (Wildman–Crippen LogP) is 4.33. The summed E-state index contributed by atoms with van der Waals surface area (Å²) in [6.45, 7) is 3.35. The Morgan fingerprint density at radius 1 is 0.972 bits per heavy atom. The second kappa shape index (κ2) is 11.0. The first-order chi connectivity index (χ1) is 17.3. The van der Waals surface area contributed by atoms with Crippen molar-refractivity contribution in [3.05, 3.63) is 104 Å². The number of hydrogen-bond acceptors (Lipinski definition) is 7. The molecule has 0 aliphatic heterocycles. The molecule has 2 aromatic heterocycles. The molecule has 0 atom stereocenters. The number of hydrogen-bond donors (Lipinski definition) is 1. The van der Waals surface area contributed by atoms with E-state index in [4.69, 9.17) is 16.3 Å². The number of aromatic nitrogens is 4. The molecular formula is C26H24ClN5O4. The Hall–Kier alpha value is -4.24. The highest BCUT2D eigenvalue weighted by molar-refractivity contribution is 6.30. The van der Waals surface area contributed by atoms with E-state index in [1.165, 1.54) is 4.57 Å². The van der Waals surface area contributed by atoms with Crippen LogP contribution in [-0.2, 0) is 17.9 Å². The third-order valence-electron chi connectivity index (χ3n) is 5.36. The SMILES string of the molecule is CCC(=O)Cn1c(=O)nc(Nc2ccc(Oc3ccc(C)nc3)cc2)n(Cc2ccc(Cl)cc2)c1=O. The minimum absolute atomic E-state index is 0.0524. The molecular weight excluding hydrogens is 482 g/mol. The number of halogens is 1. The summed E-state index contributed by atoms with van der Waals surface area (Å²) in [5, 5.41) is 3.60. The second-order valence-electron chi connectivity index (χ2n) is 8.08. The van der Waals surface area contributed by atoms with Crippen LogP contribution in [0.15, 0.2) is 76.4 Å². The van der Waals surface area contributed by atoms with Gasteiger partial charge in [0.15, 0.2) is 5.78 Å². The number of carbonyl (C=O) groups excluding carboxylic acids is 1. The number of aryl methyl sites for hydroxylation is 1. The first kappa shape index (κ1) is 24.9. The maximum Gasteiger partial charge on any atom is 0.355 e. The van der Waals surface area contributed by atoms with Crippen LogP contribution in [0.3, 0.4) is 0 Å². The number of ketones is 1. The van der Waals surface area contributed by atoms with Crippen LogP contribution in [0.2, 0.25) is 5.02 Å². The van der Waals surface area contributed by atoms with Crippen LogP contribution < -0.4 is 21.4 Å². The van der Waals surface area contributed by atoms with E-state index in [1.807, 2.05) is 19.1 Å². The van der Waals surface area contributed by atoms with Gasteiger partial charge in [0.25, 0.3) is 0 Å². The molecule has 1 N–H and O–H groups in total. The molecule has 0 unspecified atom stereocenters. The number of anilines is 2. The normalized spacial score (nSPS) is 10.8. The standard InChI is InChI=1S/C26H24ClN5O4/c1-3-21(33)16-32-25(34)30-24(31(26(32)35)15-18-5-7-19(27)8-6-18)29-20-9-12-22(13-10-20)36-23-11-4-17(2)28-14-23/h4-14H,3,15-16H2,1-2H3,(H,29,30,34). The van der Waals surface area contributed by atoms with Crippen LogP contribution in [-0.4, -0.2) is 24.9 Å². The summed E-state index contributed by atoms with van der Waals surface area (Å²) in [5.74, 6) is 1.00. The van der Waals surface area contributed by atoms with Crippen molar-refractivity contribution in [3.63, 3.8) is 0 Å². The number of nitrogens with zero attached hydrogens (tertiary/aromatic N) is 4. The third kappa shape index (κ3) is 6.05. The van der Waals surface area contributed by atoms with Gasteiger partial charge in [0, 0.05) is 22.8 Å². The molecule has 0 fully saturated rings. The van der Waals surface area contributed by atoms with Crippen molar-refractivity contribution in [2.24, 2.45) is 0 Å². The Morgan fingerprint density at radius 3 is 2.31 bits per heavy atom. The molecule has 0 aliphatic carbocycles. The molecule has 2 aromatic carbocycles. The van der Waals surface area contributed by atoms with Crippen molar-refractivity contribution < 1.29 is 9.53 Å². The van der Waals surface area contributed by atoms with Crippen molar-refractivity contribution in [2.75, 3.05) is 5.32 Å². The van der Waals surface area contributed by atoms with Crippen LogP contribution in [0.1, 0.15) is 24.6 Å². The molecule has 0 amide bonds. The first-order valence-corrected chi connectivity index (χ1v) is 11.7. The molecule has 2 heterocycles. The fourth-order valence-corrected chi connectivity index (χ4v) is 3.48. The number of benzene rings is 2. The minimum atomic E-state index is -0.802. The van der Waals surface area contributed by atoms with E-state index in [0.29, 0.717) is 22.2 Å². The number of Topliss-reactive ketones (excluding diaryl/α,β-unsaturated/α-hetero) is 1. The van der Waals surface area contributed by atoms with E-state index >= 15 is 0 Å². The van der Waals surface area contributed by atoms with Gasteiger partial charge in [0.1, 0.15) is 11.5 Å². The summed E-state index contributed by atoms with van der Waals surface area (Å²) in [6, 6.07) is 17.6. The molecule has 10 heteroatoms. The average Bonchev–Trinajstić information content (AvgIpc) is 2.87. The Kier molecular flexibility index (Phi) is 7.60. The van der Waals surface area contributed by atoms with E-state index in [0.717, 1.165) is 15.8 Å². The Balaban J connectivity index is 1.64. The topological polar surface area (TPSA) is 108 Å². The molecule has 0 spiro atoms. The second-order valence-corrected chi connectivity index (χ2v) is 8.51. The number of pyridine rings is 1. The van der Waals surface area contributed by atoms with Crippen molar-refractivity contribution in [3.8, 4) is 11.5 Å². The highest BCUT2D eigenvalue weighted by Gasteiger charge is 2.16. The summed E-state index contributed by atoms with van der Waals surface area (Å²) in [7, 11) is 0. The molecule has 0 aliphatic rings. The van der Waals surface area contributed by atoms with E-state index in [1.54, 1.807) is 61.7 Å². The van der Waals surface area contributed by atoms with Gasteiger partial charge in [-0.2, -0.15) is 4.98 Å². The van der Waals surface area contributed by atoms with Gasteiger partial charge in [-0.15, -0.1) is 0 Å². The fraction of sp³-hybridized carbons (Fsp3) is 0.192. The summed E-state index contributed by atoms with van der Waals surface area (Å²) < 4.78 is 7.96. The van der Waals surface area contributed by atoms with Crippen LogP contribution in [0.25, 0.3) is 0 Å². The van der Waals surface area contributed by atoms with E-state index in [9.17, 15) is 14.4 Å². The molecule has 4 aromatic rings. The lowest BCUT2D eigenvalue weighted by molar-refractivity contribution is -0.119. The molecule has 36 heavy (non-hydrogen) atoms. The number of ether oxygens (including phenoxy) is 1. The van der Waals surface area contributed by atoms with Gasteiger partial charge < -0.3 is 10.1 Å². The minimum Gasteiger partial charge on any atom is -0.456 e. The number of nitrogens with one attached hydrogen (secondary N) is 1. The maximum atomic E-state index is 13.2. The van der Waals surface area contributed by atoms with Crippen LogP contribution in [0.5, 0.6) is 11.5 Å². The van der Waals surface area contributed by atoms with Crippen molar-refractivity contribution in [1.82, 2.24) is 19.1 Å². The van der Waals surface area contributed by atoms with E-state index in [-0.39, 0.29) is 31.2 Å². The average molecular weight is 506 g/mol. The van der Waals surface area contributed by atoms with Gasteiger partial charge >= 0.3 is 11.4 Å². The highest BCUT2D eigenvalue weighted by atomic mass is 35.5. The van der Waals surface area contributed by atoms with Gasteiger partial charge in [0.05, 0.1) is 19.3 Å². The summed E-state index contributed by atoms with van der Waals surface area (Å²) >= 11 is 5.98. The zero-order valence-electron chi connectivity index (χ0n) is 19.8. The van der Waals surface area contributed by atoms with Crippen molar-refractivity contribution in [2.45, 2.75) is 33.4 Å². The Morgan fingerprint density at radius 2 is 1.67 bits per heavy atom. The zero-order chi connectivity index (χ0) is 25.7. The third-order valence-corrected chi connectivity index (χ3v) is 5.62. The Labute approximate surface area is 212 Å². The fourth-order valence-electron chi connectivity index (χ4n) is 3.35. The largest absolute Gasteiger partial charge is 0.456 e. The summed E-state index contributed by atoms with van der Waals surface area (Å²) in [4.78, 5) is 46.1. The Bertz CT molecular complexity index is 1480. The zero-order valence-corrected chi connectivity index (χ0v) is 20.5. The highest BCUT2D eigenvalue weighted by Crippen LogP contribution is 2.23. The number of carbonyl (C=O) groups is 1. The van der Waals surface area contributed by atoms with E-state index < -0.39 is 11.4 Å². The van der Waals surface area contributed by atoms with Gasteiger partial charge in [-0.3, -0.25) is 14.3 Å². The molecule has 184 valence electrons. The lowest BCUT2D eigenvalue weighted by Gasteiger charge is -2.16. The van der Waals surface area contributed by atoms with Crippen LogP contribution >= 0.6 is 11.6 Å². The van der Waals surface area contributed by atoms with Gasteiger partial charge in [-0.1, -0.05) is 30.7 Å². The first-order valence-electron chi connectivity index (χ1n) is 11.3. The molecule has 0 bridgehead atoms. The maximum absolute atomic E-state index is 13.2. The van der Waals surface area contributed by atoms with Crippen molar-refractivity contribution >= 4 is 29.0 Å².